The SMILES string of the molecule is CC(C)(CCN)CNc1nc[nH]c(=O)c1Br. The van der Waals surface area contributed by atoms with Gasteiger partial charge in [-0.1, -0.05) is 13.8 Å². The normalized spacial score (nSPS) is 11.5. The van der Waals surface area contributed by atoms with Crippen LogP contribution in [0.5, 0.6) is 0 Å². The van der Waals surface area contributed by atoms with Gasteiger partial charge in [-0.2, -0.15) is 0 Å². The molecule has 0 amide bonds. The lowest BCUT2D eigenvalue weighted by atomic mass is 9.89. The number of hydrogen-bond donors (Lipinski definition) is 3. The molecule has 0 saturated heterocycles. The molecule has 0 unspecified atom stereocenters. The molecular weight excluding hydrogens is 272 g/mol. The van der Waals surface area contributed by atoms with Crippen molar-refractivity contribution >= 4 is 21.7 Å². The van der Waals surface area contributed by atoms with E-state index < -0.39 is 0 Å². The molecule has 0 fully saturated rings. The molecule has 16 heavy (non-hydrogen) atoms. The van der Waals surface area contributed by atoms with Gasteiger partial charge in [0, 0.05) is 6.54 Å². The maximum absolute atomic E-state index is 11.3. The van der Waals surface area contributed by atoms with Crippen LogP contribution >= 0.6 is 15.9 Å². The van der Waals surface area contributed by atoms with Crippen LogP contribution in [0.2, 0.25) is 0 Å². The van der Waals surface area contributed by atoms with E-state index >= 15 is 0 Å². The predicted molar refractivity (Wildman–Crippen MR) is 68.5 cm³/mol. The largest absolute Gasteiger partial charge is 0.368 e. The number of nitrogens with zero attached hydrogens (tertiary/aromatic N) is 1. The second-order valence-electron chi connectivity index (χ2n) is 4.45. The molecule has 0 aromatic carbocycles. The van der Waals surface area contributed by atoms with Gasteiger partial charge in [0.2, 0.25) is 0 Å². The minimum Gasteiger partial charge on any atom is -0.368 e. The van der Waals surface area contributed by atoms with E-state index in [1.807, 2.05) is 0 Å². The summed E-state index contributed by atoms with van der Waals surface area (Å²) >= 11 is 3.19. The zero-order valence-electron chi connectivity index (χ0n) is 9.51. The van der Waals surface area contributed by atoms with Crippen molar-refractivity contribution in [1.82, 2.24) is 9.97 Å². The molecule has 90 valence electrons. The lowest BCUT2D eigenvalue weighted by Gasteiger charge is -2.24. The van der Waals surface area contributed by atoms with Crippen LogP contribution in [0, 0.1) is 5.41 Å². The summed E-state index contributed by atoms with van der Waals surface area (Å²) in [5, 5.41) is 3.15. The molecule has 0 radical (unpaired) electrons. The average Bonchev–Trinajstić information content (AvgIpc) is 2.20. The fourth-order valence-electron chi connectivity index (χ4n) is 1.31. The van der Waals surface area contributed by atoms with Crippen molar-refractivity contribution in [3.63, 3.8) is 0 Å². The monoisotopic (exact) mass is 288 g/mol. The third kappa shape index (κ3) is 3.61. The molecule has 1 aromatic heterocycles. The van der Waals surface area contributed by atoms with Gasteiger partial charge in [0.1, 0.15) is 10.3 Å². The summed E-state index contributed by atoms with van der Waals surface area (Å²) in [5.74, 6) is 0.564. The maximum Gasteiger partial charge on any atom is 0.267 e. The van der Waals surface area contributed by atoms with Crippen LogP contribution < -0.4 is 16.6 Å². The zero-order valence-corrected chi connectivity index (χ0v) is 11.1. The van der Waals surface area contributed by atoms with Gasteiger partial charge >= 0.3 is 0 Å². The Morgan fingerprint density at radius 2 is 2.31 bits per heavy atom. The number of hydrogen-bond acceptors (Lipinski definition) is 4. The van der Waals surface area contributed by atoms with Gasteiger partial charge in [0.25, 0.3) is 5.56 Å². The predicted octanol–water partition coefficient (Wildman–Crippen LogP) is 1.32. The number of nitrogens with two attached hydrogens (primary N) is 1. The molecule has 4 N–H and O–H groups in total. The highest BCUT2D eigenvalue weighted by Gasteiger charge is 2.17. The molecule has 0 aliphatic heterocycles. The molecule has 0 saturated carbocycles. The fraction of sp³-hybridized carbons (Fsp3) is 0.600. The Bertz CT molecular complexity index is 402. The highest BCUT2D eigenvalue weighted by molar-refractivity contribution is 9.10. The Balaban J connectivity index is 2.68. The van der Waals surface area contributed by atoms with Crippen LogP contribution in [0.3, 0.4) is 0 Å². The van der Waals surface area contributed by atoms with Crippen molar-refractivity contribution in [3.05, 3.63) is 21.2 Å². The second-order valence-corrected chi connectivity index (χ2v) is 5.24. The van der Waals surface area contributed by atoms with Crippen molar-refractivity contribution in [1.29, 1.82) is 0 Å². The van der Waals surface area contributed by atoms with Crippen LogP contribution in [-0.2, 0) is 0 Å². The Kier molecular flexibility index (Phi) is 4.49. The van der Waals surface area contributed by atoms with Gasteiger partial charge in [-0.25, -0.2) is 4.98 Å². The van der Waals surface area contributed by atoms with Crippen LogP contribution in [0.1, 0.15) is 20.3 Å². The summed E-state index contributed by atoms with van der Waals surface area (Å²) in [4.78, 5) is 17.8. The Morgan fingerprint density at radius 1 is 1.62 bits per heavy atom. The highest BCUT2D eigenvalue weighted by atomic mass is 79.9. The molecule has 0 bridgehead atoms. The molecule has 1 rings (SSSR count). The number of anilines is 1. The summed E-state index contributed by atoms with van der Waals surface area (Å²) in [6, 6.07) is 0. The van der Waals surface area contributed by atoms with Crippen molar-refractivity contribution in [2.24, 2.45) is 11.1 Å². The molecule has 0 aliphatic rings. The Morgan fingerprint density at radius 3 is 2.94 bits per heavy atom. The lowest BCUT2D eigenvalue weighted by molar-refractivity contribution is 0.365. The number of H-pyrrole nitrogens is 1. The third-order valence-electron chi connectivity index (χ3n) is 2.35. The summed E-state index contributed by atoms with van der Waals surface area (Å²) in [5.41, 5.74) is 5.43. The maximum atomic E-state index is 11.3. The van der Waals surface area contributed by atoms with Crippen molar-refractivity contribution in [3.8, 4) is 0 Å². The molecule has 0 atom stereocenters. The Hall–Kier alpha value is -0.880. The fourth-order valence-corrected chi connectivity index (χ4v) is 1.67. The molecule has 6 heteroatoms. The van der Waals surface area contributed by atoms with Crippen molar-refractivity contribution < 1.29 is 0 Å². The molecule has 0 spiro atoms. The van der Waals surface area contributed by atoms with Gasteiger partial charge in [-0.3, -0.25) is 4.79 Å². The molecule has 1 aromatic rings. The van der Waals surface area contributed by atoms with Gasteiger partial charge in [-0.05, 0) is 34.3 Å². The number of halogens is 1. The van der Waals surface area contributed by atoms with Crippen LogP contribution in [0.4, 0.5) is 5.82 Å². The van der Waals surface area contributed by atoms with E-state index in [-0.39, 0.29) is 11.0 Å². The topological polar surface area (TPSA) is 83.8 Å². The van der Waals surface area contributed by atoms with Crippen LogP contribution in [0.15, 0.2) is 15.6 Å². The molecule has 0 aliphatic carbocycles. The van der Waals surface area contributed by atoms with Gasteiger partial charge in [-0.15, -0.1) is 0 Å². The third-order valence-corrected chi connectivity index (χ3v) is 3.09. The summed E-state index contributed by atoms with van der Waals surface area (Å²) in [7, 11) is 0. The first-order valence-corrected chi connectivity index (χ1v) is 5.93. The smallest absolute Gasteiger partial charge is 0.267 e. The van der Waals surface area contributed by atoms with Crippen molar-refractivity contribution in [2.75, 3.05) is 18.4 Å². The zero-order chi connectivity index (χ0) is 12.2. The highest BCUT2D eigenvalue weighted by Crippen LogP contribution is 2.21. The summed E-state index contributed by atoms with van der Waals surface area (Å²) < 4.78 is 0.429. The van der Waals surface area contributed by atoms with E-state index in [1.165, 1.54) is 6.33 Å². The number of aromatic amines is 1. The van der Waals surface area contributed by atoms with Gasteiger partial charge in [0.05, 0.1) is 6.33 Å². The van der Waals surface area contributed by atoms with E-state index in [9.17, 15) is 4.79 Å². The molecular formula is C10H17BrN4O. The lowest BCUT2D eigenvalue weighted by Crippen LogP contribution is -2.27. The summed E-state index contributed by atoms with van der Waals surface area (Å²) in [6.07, 6.45) is 2.30. The molecule has 1 heterocycles. The van der Waals surface area contributed by atoms with E-state index in [0.29, 0.717) is 16.8 Å². The molecule has 5 nitrogen and oxygen atoms in total. The van der Waals surface area contributed by atoms with Crippen LogP contribution in [-0.4, -0.2) is 23.1 Å². The standard InChI is InChI=1S/C10H17BrN4O/c1-10(2,3-4-12)5-13-8-7(11)9(16)15-6-14-8/h6H,3-5,12H2,1-2H3,(H2,13,14,15,16). The second kappa shape index (κ2) is 5.45. The van der Waals surface area contributed by atoms with Gasteiger partial charge in [0.15, 0.2) is 0 Å². The van der Waals surface area contributed by atoms with E-state index in [2.05, 4.69) is 45.1 Å². The minimum atomic E-state index is -0.186. The van der Waals surface area contributed by atoms with Gasteiger partial charge < -0.3 is 16.0 Å². The Labute approximate surface area is 103 Å². The number of nitrogens with one attached hydrogen (secondary N) is 2. The van der Waals surface area contributed by atoms with E-state index in [4.69, 9.17) is 5.73 Å². The first-order chi connectivity index (χ1) is 7.46. The first-order valence-electron chi connectivity index (χ1n) is 5.13. The quantitative estimate of drug-likeness (QED) is 0.763. The minimum absolute atomic E-state index is 0.0818. The number of aromatic nitrogens is 2. The number of rotatable bonds is 5. The van der Waals surface area contributed by atoms with E-state index in [1.54, 1.807) is 0 Å². The average molecular weight is 289 g/mol. The van der Waals surface area contributed by atoms with Crippen molar-refractivity contribution in [2.45, 2.75) is 20.3 Å². The summed E-state index contributed by atoms with van der Waals surface area (Å²) in [6.45, 7) is 5.61. The first kappa shape index (κ1) is 13.2. The van der Waals surface area contributed by atoms with E-state index in [0.717, 1.165) is 13.0 Å². The van der Waals surface area contributed by atoms with Crippen LogP contribution in [0.25, 0.3) is 0 Å².